The summed E-state index contributed by atoms with van der Waals surface area (Å²) < 4.78 is 1.15. The summed E-state index contributed by atoms with van der Waals surface area (Å²) in [4.78, 5) is 0. The maximum Gasteiger partial charge on any atom is 0.0181 e. The molecule has 2 aromatic carbocycles. The normalized spacial score (nSPS) is 16.5. The van der Waals surface area contributed by atoms with Gasteiger partial charge in [0.05, 0.1) is 0 Å². The lowest BCUT2D eigenvalue weighted by atomic mass is 9.72. The first-order valence-corrected chi connectivity index (χ1v) is 7.84. The molecule has 20 heavy (non-hydrogen) atoms. The molecule has 0 unspecified atom stereocenters. The van der Waals surface area contributed by atoms with Crippen molar-refractivity contribution in [3.8, 4) is 0 Å². The van der Waals surface area contributed by atoms with Crippen LogP contribution in [0.5, 0.6) is 0 Å². The monoisotopic (exact) mass is 326 g/mol. The Morgan fingerprint density at radius 2 is 1.70 bits per heavy atom. The van der Waals surface area contributed by atoms with Crippen LogP contribution in [0.3, 0.4) is 0 Å². The molecule has 0 atom stereocenters. The lowest BCUT2D eigenvalue weighted by Gasteiger charge is -2.32. The second-order valence-electron chi connectivity index (χ2n) is 6.26. The minimum absolute atomic E-state index is 0.213. The molecular weight excluding hydrogens is 308 g/mol. The predicted octanol–water partition coefficient (Wildman–Crippen LogP) is 5.87. The summed E-state index contributed by atoms with van der Waals surface area (Å²) in [6.07, 6.45) is 3.48. The second-order valence-corrected chi connectivity index (χ2v) is 7.18. The number of hydrogen-bond acceptors (Lipinski definition) is 0. The van der Waals surface area contributed by atoms with E-state index in [0.29, 0.717) is 0 Å². The molecule has 0 saturated carbocycles. The van der Waals surface area contributed by atoms with Crippen LogP contribution in [-0.4, -0.2) is 0 Å². The first-order valence-electron chi connectivity index (χ1n) is 7.05. The Hall–Kier alpha value is -1.34. The molecule has 1 aliphatic carbocycles. The minimum atomic E-state index is 0.213. The molecule has 0 fully saturated rings. The van der Waals surface area contributed by atoms with Gasteiger partial charge in [-0.2, -0.15) is 0 Å². The third-order valence-corrected chi connectivity index (χ3v) is 4.67. The predicted molar refractivity (Wildman–Crippen MR) is 90.0 cm³/mol. The van der Waals surface area contributed by atoms with Gasteiger partial charge in [0.2, 0.25) is 0 Å². The molecule has 0 bridgehead atoms. The third-order valence-electron chi connectivity index (χ3n) is 4.18. The zero-order chi connectivity index (χ0) is 14.3. The first-order chi connectivity index (χ1) is 9.47. The summed E-state index contributed by atoms with van der Waals surface area (Å²) in [5.74, 6) is 0. The van der Waals surface area contributed by atoms with Crippen LogP contribution in [-0.2, 0) is 5.41 Å². The highest BCUT2D eigenvalue weighted by atomic mass is 79.9. The molecule has 0 radical (unpaired) electrons. The topological polar surface area (TPSA) is 0 Å². The van der Waals surface area contributed by atoms with Gasteiger partial charge in [0.1, 0.15) is 0 Å². The van der Waals surface area contributed by atoms with Crippen molar-refractivity contribution in [3.05, 3.63) is 75.3 Å². The number of halogens is 1. The zero-order valence-corrected chi connectivity index (χ0v) is 13.8. The van der Waals surface area contributed by atoms with Crippen molar-refractivity contribution in [2.45, 2.75) is 32.6 Å². The molecule has 0 aromatic heterocycles. The summed E-state index contributed by atoms with van der Waals surface area (Å²) in [7, 11) is 0. The van der Waals surface area contributed by atoms with E-state index in [1.165, 1.54) is 27.8 Å². The number of benzene rings is 2. The van der Waals surface area contributed by atoms with Gasteiger partial charge in [0.15, 0.2) is 0 Å². The second kappa shape index (κ2) is 4.89. The molecule has 0 spiro atoms. The molecule has 102 valence electrons. The number of allylic oxidation sites excluding steroid dienone is 1. The van der Waals surface area contributed by atoms with E-state index >= 15 is 0 Å². The van der Waals surface area contributed by atoms with Crippen molar-refractivity contribution in [2.24, 2.45) is 0 Å². The van der Waals surface area contributed by atoms with Gasteiger partial charge >= 0.3 is 0 Å². The van der Waals surface area contributed by atoms with Crippen molar-refractivity contribution in [2.75, 3.05) is 0 Å². The van der Waals surface area contributed by atoms with Crippen LogP contribution in [0.2, 0.25) is 0 Å². The highest BCUT2D eigenvalue weighted by Gasteiger charge is 2.28. The van der Waals surface area contributed by atoms with Crippen LogP contribution in [0.25, 0.3) is 5.57 Å². The van der Waals surface area contributed by atoms with Gasteiger partial charge in [-0.25, -0.2) is 0 Å². The summed E-state index contributed by atoms with van der Waals surface area (Å²) in [6.45, 7) is 6.77. The van der Waals surface area contributed by atoms with Crippen molar-refractivity contribution in [1.29, 1.82) is 0 Å². The van der Waals surface area contributed by atoms with E-state index in [2.05, 4.69) is 85.2 Å². The van der Waals surface area contributed by atoms with Crippen LogP contribution in [0.1, 0.15) is 42.5 Å². The molecule has 0 nitrogen and oxygen atoms in total. The number of rotatable bonds is 1. The van der Waals surface area contributed by atoms with Crippen LogP contribution < -0.4 is 0 Å². The molecule has 0 saturated heterocycles. The molecule has 1 aliphatic rings. The average molecular weight is 327 g/mol. The van der Waals surface area contributed by atoms with E-state index < -0.39 is 0 Å². The van der Waals surface area contributed by atoms with Gasteiger partial charge in [-0.05, 0) is 53.2 Å². The number of fused-ring (bicyclic) bond motifs is 1. The van der Waals surface area contributed by atoms with E-state index in [9.17, 15) is 0 Å². The fraction of sp³-hybridized carbons (Fsp3) is 0.263. The van der Waals surface area contributed by atoms with E-state index in [1.807, 2.05) is 0 Å². The molecule has 0 amide bonds. The van der Waals surface area contributed by atoms with E-state index in [0.717, 1.165) is 10.9 Å². The fourth-order valence-corrected chi connectivity index (χ4v) is 3.27. The summed E-state index contributed by atoms with van der Waals surface area (Å²) in [5.41, 5.74) is 6.99. The van der Waals surface area contributed by atoms with Crippen LogP contribution in [0.4, 0.5) is 0 Å². The SMILES string of the molecule is Cc1ccc(C2=CCC(C)(C)c3ccc(Br)cc32)cc1. The molecule has 0 N–H and O–H groups in total. The molecule has 2 aromatic rings. The van der Waals surface area contributed by atoms with E-state index in [1.54, 1.807) is 0 Å². The molecule has 0 aliphatic heterocycles. The first kappa shape index (κ1) is 13.6. The Morgan fingerprint density at radius 1 is 1.00 bits per heavy atom. The van der Waals surface area contributed by atoms with Gasteiger partial charge in [0.25, 0.3) is 0 Å². The Labute approximate surface area is 129 Å². The molecular formula is C19H19Br. The number of hydrogen-bond donors (Lipinski definition) is 0. The molecule has 3 rings (SSSR count). The standard InChI is InChI=1S/C19H19Br/c1-13-4-6-14(7-5-13)16-10-11-19(2,3)18-9-8-15(20)12-17(16)18/h4-10,12H,11H2,1-3H3. The quantitative estimate of drug-likeness (QED) is 0.614. The average Bonchev–Trinajstić information content (AvgIpc) is 2.40. The highest BCUT2D eigenvalue weighted by molar-refractivity contribution is 9.10. The van der Waals surface area contributed by atoms with Crippen molar-refractivity contribution in [1.82, 2.24) is 0 Å². The maximum atomic E-state index is 3.61. The molecule has 0 heterocycles. The van der Waals surface area contributed by atoms with Crippen LogP contribution in [0.15, 0.2) is 53.0 Å². The van der Waals surface area contributed by atoms with Gasteiger partial charge < -0.3 is 0 Å². The van der Waals surface area contributed by atoms with Gasteiger partial charge in [-0.15, -0.1) is 0 Å². The summed E-state index contributed by atoms with van der Waals surface area (Å²) in [6, 6.07) is 15.5. The van der Waals surface area contributed by atoms with Gasteiger partial charge in [-0.1, -0.05) is 71.7 Å². The lowest BCUT2D eigenvalue weighted by molar-refractivity contribution is 0.527. The van der Waals surface area contributed by atoms with Crippen molar-refractivity contribution in [3.63, 3.8) is 0 Å². The van der Waals surface area contributed by atoms with Crippen LogP contribution >= 0.6 is 15.9 Å². The van der Waals surface area contributed by atoms with Gasteiger partial charge in [0, 0.05) is 4.47 Å². The maximum absolute atomic E-state index is 3.61. The summed E-state index contributed by atoms with van der Waals surface area (Å²) >= 11 is 3.61. The zero-order valence-electron chi connectivity index (χ0n) is 12.2. The van der Waals surface area contributed by atoms with E-state index in [-0.39, 0.29) is 5.41 Å². The lowest BCUT2D eigenvalue weighted by Crippen LogP contribution is -2.21. The van der Waals surface area contributed by atoms with E-state index in [4.69, 9.17) is 0 Å². The number of aryl methyl sites for hydroxylation is 1. The Morgan fingerprint density at radius 3 is 2.40 bits per heavy atom. The smallest absolute Gasteiger partial charge is 0.0181 e. The van der Waals surface area contributed by atoms with Crippen molar-refractivity contribution < 1.29 is 0 Å². The largest absolute Gasteiger partial charge is 0.0752 e. The Balaban J connectivity index is 2.17. The van der Waals surface area contributed by atoms with Crippen molar-refractivity contribution >= 4 is 21.5 Å². The third kappa shape index (κ3) is 2.35. The Bertz CT molecular complexity index is 675. The fourth-order valence-electron chi connectivity index (χ4n) is 2.91. The minimum Gasteiger partial charge on any atom is -0.0752 e. The summed E-state index contributed by atoms with van der Waals surface area (Å²) in [5, 5.41) is 0. The van der Waals surface area contributed by atoms with Gasteiger partial charge in [-0.3, -0.25) is 0 Å². The Kier molecular flexibility index (Phi) is 3.33. The highest BCUT2D eigenvalue weighted by Crippen LogP contribution is 2.42. The molecule has 1 heteroatoms. The van der Waals surface area contributed by atoms with Crippen LogP contribution in [0, 0.1) is 6.92 Å².